The summed E-state index contributed by atoms with van der Waals surface area (Å²) in [5, 5.41) is 10.7. The zero-order valence-electron chi connectivity index (χ0n) is 10.9. The van der Waals surface area contributed by atoms with Gasteiger partial charge < -0.3 is 9.90 Å². The first-order chi connectivity index (χ1) is 10.1. The van der Waals surface area contributed by atoms with Gasteiger partial charge in [0.1, 0.15) is 23.1 Å². The first-order valence-electron chi connectivity index (χ1n) is 5.68. The van der Waals surface area contributed by atoms with Crippen LogP contribution in [0.5, 0.6) is 0 Å². The molecule has 0 fully saturated rings. The lowest BCUT2D eigenvalue weighted by atomic mass is 10.1. The van der Waals surface area contributed by atoms with Crippen LogP contribution in [0.15, 0.2) is 29.2 Å². The van der Waals surface area contributed by atoms with Crippen LogP contribution in [0.2, 0.25) is 0 Å². The van der Waals surface area contributed by atoms with E-state index in [4.69, 9.17) is 0 Å². The molecule has 0 aliphatic heterocycles. The Balaban J connectivity index is 2.74. The van der Waals surface area contributed by atoms with Crippen LogP contribution in [0.1, 0.15) is 10.5 Å². The Bertz CT molecular complexity index is 858. The predicted octanol–water partition coefficient (Wildman–Crippen LogP) is 0.933. The average molecular weight is 330 g/mol. The van der Waals surface area contributed by atoms with Crippen molar-refractivity contribution in [2.45, 2.75) is 4.90 Å². The number of carbonyl (C=O) groups excluding carboxylic acids is 1. The second kappa shape index (κ2) is 5.41. The molecule has 22 heavy (non-hydrogen) atoms. The number of halogens is 3. The zero-order chi connectivity index (χ0) is 16.7. The molecular formula is C13H7F3NO4S-. The number of sulfone groups is 1. The van der Waals surface area contributed by atoms with E-state index in [0.717, 1.165) is 12.3 Å². The summed E-state index contributed by atoms with van der Waals surface area (Å²) in [6.07, 6.45) is 0.746. The van der Waals surface area contributed by atoms with Gasteiger partial charge in [0.25, 0.3) is 0 Å². The van der Waals surface area contributed by atoms with Crippen LogP contribution >= 0.6 is 0 Å². The summed E-state index contributed by atoms with van der Waals surface area (Å²) >= 11 is 0. The second-order valence-electron chi connectivity index (χ2n) is 4.35. The van der Waals surface area contributed by atoms with Gasteiger partial charge in [0.15, 0.2) is 9.84 Å². The number of aromatic carboxylic acids is 1. The molecular weight excluding hydrogens is 323 g/mol. The highest BCUT2D eigenvalue weighted by Crippen LogP contribution is 2.29. The number of hydrogen-bond donors (Lipinski definition) is 0. The summed E-state index contributed by atoms with van der Waals surface area (Å²) < 4.78 is 64.2. The van der Waals surface area contributed by atoms with Gasteiger partial charge in [0.2, 0.25) is 0 Å². The number of benzene rings is 1. The Morgan fingerprint density at radius 2 is 1.64 bits per heavy atom. The van der Waals surface area contributed by atoms with E-state index in [-0.39, 0.29) is 0 Å². The molecule has 0 atom stereocenters. The van der Waals surface area contributed by atoms with Gasteiger partial charge in [-0.1, -0.05) is 0 Å². The second-order valence-corrected chi connectivity index (χ2v) is 6.36. The largest absolute Gasteiger partial charge is 0.543 e. The maximum absolute atomic E-state index is 14.0. The number of rotatable bonds is 3. The van der Waals surface area contributed by atoms with E-state index in [1.165, 1.54) is 0 Å². The van der Waals surface area contributed by atoms with E-state index < -0.39 is 55.1 Å². The summed E-state index contributed by atoms with van der Waals surface area (Å²) in [6.45, 7) is 0. The lowest BCUT2D eigenvalue weighted by Crippen LogP contribution is -2.23. The number of nitrogens with zero attached hydrogens (tertiary/aromatic N) is 1. The molecule has 2 rings (SSSR count). The number of aromatic nitrogens is 1. The van der Waals surface area contributed by atoms with E-state index in [2.05, 4.69) is 4.98 Å². The topological polar surface area (TPSA) is 87.2 Å². The third-order valence-corrected chi connectivity index (χ3v) is 3.83. The van der Waals surface area contributed by atoms with Gasteiger partial charge in [0.05, 0.1) is 22.1 Å². The van der Waals surface area contributed by atoms with Gasteiger partial charge in [-0.15, -0.1) is 0 Å². The van der Waals surface area contributed by atoms with Crippen molar-refractivity contribution in [1.29, 1.82) is 0 Å². The molecule has 0 saturated carbocycles. The molecule has 1 aromatic heterocycles. The van der Waals surface area contributed by atoms with Crippen molar-refractivity contribution >= 4 is 15.8 Å². The summed E-state index contributed by atoms with van der Waals surface area (Å²) in [6, 6.07) is 2.44. The number of carbonyl (C=O) groups is 1. The van der Waals surface area contributed by atoms with E-state index in [0.29, 0.717) is 18.2 Å². The molecule has 9 heteroatoms. The first kappa shape index (κ1) is 16.0. The number of carboxylic acid groups (broad SMARTS) is 1. The fourth-order valence-corrected chi connectivity index (χ4v) is 2.36. The molecule has 0 radical (unpaired) electrons. The highest BCUT2D eigenvalue weighted by Gasteiger charge is 2.21. The molecule has 0 saturated heterocycles. The van der Waals surface area contributed by atoms with Gasteiger partial charge >= 0.3 is 0 Å². The molecule has 0 N–H and O–H groups in total. The monoisotopic (exact) mass is 330 g/mol. The molecule has 0 bridgehead atoms. The van der Waals surface area contributed by atoms with Crippen molar-refractivity contribution in [2.24, 2.45) is 0 Å². The Morgan fingerprint density at radius 1 is 1.09 bits per heavy atom. The quantitative estimate of drug-likeness (QED) is 0.835. The minimum atomic E-state index is -3.88. The molecule has 0 amide bonds. The first-order valence-corrected chi connectivity index (χ1v) is 7.57. The van der Waals surface area contributed by atoms with Crippen molar-refractivity contribution in [3.63, 3.8) is 0 Å². The van der Waals surface area contributed by atoms with Crippen LogP contribution in [-0.2, 0) is 9.84 Å². The van der Waals surface area contributed by atoms with Crippen LogP contribution < -0.4 is 5.11 Å². The number of carboxylic acids is 1. The fraction of sp³-hybridized carbons (Fsp3) is 0.0769. The van der Waals surface area contributed by atoms with Crippen LogP contribution in [0.25, 0.3) is 11.3 Å². The van der Waals surface area contributed by atoms with Crippen molar-refractivity contribution in [2.75, 3.05) is 6.26 Å². The van der Waals surface area contributed by atoms with Gasteiger partial charge in [-0.2, -0.15) is 0 Å². The minimum Gasteiger partial charge on any atom is -0.543 e. The molecule has 1 heterocycles. The van der Waals surface area contributed by atoms with Gasteiger partial charge in [-0.25, -0.2) is 26.6 Å². The number of hydrogen-bond acceptors (Lipinski definition) is 5. The summed E-state index contributed by atoms with van der Waals surface area (Å²) in [4.78, 5) is 13.3. The van der Waals surface area contributed by atoms with Crippen LogP contribution in [0.3, 0.4) is 0 Å². The molecule has 116 valence electrons. The lowest BCUT2D eigenvalue weighted by Gasteiger charge is -2.10. The molecule has 0 aliphatic rings. The molecule has 0 unspecified atom stereocenters. The smallest absolute Gasteiger partial charge is 0.175 e. The average Bonchev–Trinajstić information content (AvgIpc) is 2.38. The Hall–Kier alpha value is -2.42. The molecule has 0 aliphatic carbocycles. The Kier molecular flexibility index (Phi) is 3.92. The molecule has 1 aromatic carbocycles. The summed E-state index contributed by atoms with van der Waals surface area (Å²) in [5.41, 5.74) is -2.58. The van der Waals surface area contributed by atoms with Crippen molar-refractivity contribution < 1.29 is 31.5 Å². The lowest BCUT2D eigenvalue weighted by molar-refractivity contribution is -0.255. The van der Waals surface area contributed by atoms with E-state index in [1.807, 2.05) is 0 Å². The SMILES string of the molecule is CS(=O)(=O)c1cc(F)c(-c2nc(C(=O)[O-])ccc2F)c(F)c1. The van der Waals surface area contributed by atoms with E-state index >= 15 is 0 Å². The minimum absolute atomic E-state index is 0.501. The van der Waals surface area contributed by atoms with Gasteiger partial charge in [-0.3, -0.25) is 0 Å². The van der Waals surface area contributed by atoms with Crippen LogP contribution in [-0.4, -0.2) is 25.6 Å². The molecule has 2 aromatic rings. The van der Waals surface area contributed by atoms with Crippen molar-refractivity contribution in [3.8, 4) is 11.3 Å². The maximum atomic E-state index is 14.0. The summed E-state index contributed by atoms with van der Waals surface area (Å²) in [5.74, 6) is -5.70. The normalized spacial score (nSPS) is 11.5. The van der Waals surface area contributed by atoms with Crippen LogP contribution in [0, 0.1) is 17.5 Å². The van der Waals surface area contributed by atoms with Crippen molar-refractivity contribution in [3.05, 3.63) is 47.4 Å². The molecule has 5 nitrogen and oxygen atoms in total. The van der Waals surface area contributed by atoms with Gasteiger partial charge in [0, 0.05) is 6.26 Å². The third-order valence-electron chi connectivity index (χ3n) is 2.74. The Morgan fingerprint density at radius 3 is 2.09 bits per heavy atom. The van der Waals surface area contributed by atoms with E-state index in [9.17, 15) is 31.5 Å². The Labute approximate surface area is 123 Å². The zero-order valence-corrected chi connectivity index (χ0v) is 11.7. The van der Waals surface area contributed by atoms with Gasteiger partial charge in [-0.05, 0) is 24.3 Å². The van der Waals surface area contributed by atoms with Crippen LogP contribution in [0.4, 0.5) is 13.2 Å². The highest BCUT2D eigenvalue weighted by atomic mass is 32.2. The van der Waals surface area contributed by atoms with Crippen molar-refractivity contribution in [1.82, 2.24) is 4.98 Å². The maximum Gasteiger partial charge on any atom is 0.175 e. The third kappa shape index (κ3) is 2.93. The fourth-order valence-electron chi connectivity index (χ4n) is 1.72. The van der Waals surface area contributed by atoms with E-state index in [1.54, 1.807) is 0 Å². The number of pyridine rings is 1. The summed E-state index contributed by atoms with van der Waals surface area (Å²) in [7, 11) is -3.88. The highest BCUT2D eigenvalue weighted by molar-refractivity contribution is 7.90. The predicted molar refractivity (Wildman–Crippen MR) is 67.0 cm³/mol. The molecule has 0 spiro atoms. The standard InChI is InChI=1S/C13H8F3NO4S/c1-22(20,21)6-4-8(15)11(9(16)5-6)12-7(14)2-3-10(17-12)13(18)19/h2-5H,1H3,(H,18,19)/p-1.